The molecule has 14 heavy (non-hydrogen) atoms. The molecule has 2 N–H and O–H groups in total. The second-order valence-corrected chi connectivity index (χ2v) is 5.22. The number of nitrogens with one attached hydrogen (secondary N) is 1. The van der Waals surface area contributed by atoms with Crippen LogP contribution >= 0.6 is 0 Å². The van der Waals surface area contributed by atoms with E-state index >= 15 is 0 Å². The highest BCUT2D eigenvalue weighted by Gasteiger charge is 2.29. The van der Waals surface area contributed by atoms with Crippen molar-refractivity contribution >= 4 is 0 Å². The fraction of sp³-hybridized carbons (Fsp3) is 1.00. The van der Waals surface area contributed by atoms with Crippen molar-refractivity contribution in [2.24, 2.45) is 11.3 Å². The van der Waals surface area contributed by atoms with Gasteiger partial charge in [-0.05, 0) is 24.2 Å². The normalized spacial score (nSPS) is 19.9. The second kappa shape index (κ2) is 5.72. The highest BCUT2D eigenvalue weighted by molar-refractivity contribution is 4.82. The number of aliphatic hydroxyl groups is 1. The van der Waals surface area contributed by atoms with Crippen molar-refractivity contribution in [3.63, 3.8) is 0 Å². The predicted octanol–water partition coefficient (Wildman–Crippen LogP) is 2.17. The fourth-order valence-corrected chi connectivity index (χ4v) is 2.52. The molecular weight excluding hydrogens is 174 g/mol. The molecular formula is C12H25NO. The van der Waals surface area contributed by atoms with Gasteiger partial charge in [-0.1, -0.05) is 33.1 Å². The van der Waals surface area contributed by atoms with E-state index in [1.54, 1.807) is 0 Å². The van der Waals surface area contributed by atoms with Gasteiger partial charge in [0, 0.05) is 13.1 Å². The smallest absolute Gasteiger partial charge is 0.0555 e. The molecule has 0 amide bonds. The highest BCUT2D eigenvalue weighted by atomic mass is 16.3. The van der Waals surface area contributed by atoms with E-state index in [0.29, 0.717) is 5.41 Å². The van der Waals surface area contributed by atoms with Crippen LogP contribution in [0.15, 0.2) is 0 Å². The Labute approximate surface area is 88.1 Å². The van der Waals surface area contributed by atoms with Crippen LogP contribution in [0.4, 0.5) is 0 Å². The summed E-state index contributed by atoms with van der Waals surface area (Å²) in [6.07, 6.45) is 7.04. The van der Waals surface area contributed by atoms with Crippen molar-refractivity contribution in [3.8, 4) is 0 Å². The van der Waals surface area contributed by atoms with Crippen molar-refractivity contribution in [1.29, 1.82) is 0 Å². The van der Waals surface area contributed by atoms with Crippen LogP contribution in [0.1, 0.15) is 46.0 Å². The van der Waals surface area contributed by atoms with E-state index in [1.807, 2.05) is 0 Å². The summed E-state index contributed by atoms with van der Waals surface area (Å²) in [5, 5.41) is 12.0. The van der Waals surface area contributed by atoms with Gasteiger partial charge in [-0.3, -0.25) is 0 Å². The summed E-state index contributed by atoms with van der Waals surface area (Å²) in [5.74, 6) is 0.877. The van der Waals surface area contributed by atoms with Crippen molar-refractivity contribution < 1.29 is 5.11 Å². The molecule has 0 bridgehead atoms. The third-order valence-corrected chi connectivity index (χ3v) is 3.58. The first kappa shape index (κ1) is 12.0. The molecule has 0 atom stereocenters. The zero-order valence-corrected chi connectivity index (χ0v) is 9.68. The van der Waals surface area contributed by atoms with Crippen LogP contribution in [0.2, 0.25) is 0 Å². The standard InChI is InChI=1S/C12H25NO/c1-12(2,10-13-8-9-14)11-6-4-3-5-7-11/h11,13-14H,3-10H2,1-2H3. The third kappa shape index (κ3) is 3.58. The average molecular weight is 199 g/mol. The summed E-state index contributed by atoms with van der Waals surface area (Å²) in [4.78, 5) is 0. The maximum absolute atomic E-state index is 8.71. The second-order valence-electron chi connectivity index (χ2n) is 5.22. The molecule has 1 rings (SSSR count). The Kier molecular flexibility index (Phi) is 4.90. The molecule has 84 valence electrons. The number of hydrogen-bond acceptors (Lipinski definition) is 2. The van der Waals surface area contributed by atoms with Crippen molar-refractivity contribution in [3.05, 3.63) is 0 Å². The van der Waals surface area contributed by atoms with Gasteiger partial charge in [-0.25, -0.2) is 0 Å². The molecule has 0 spiro atoms. The lowest BCUT2D eigenvalue weighted by atomic mass is 9.71. The van der Waals surface area contributed by atoms with Gasteiger partial charge in [-0.15, -0.1) is 0 Å². The molecule has 1 saturated carbocycles. The Balaban J connectivity index is 2.29. The minimum absolute atomic E-state index is 0.251. The minimum atomic E-state index is 0.251. The maximum Gasteiger partial charge on any atom is 0.0555 e. The summed E-state index contributed by atoms with van der Waals surface area (Å²) in [6.45, 7) is 6.73. The molecule has 0 aliphatic heterocycles. The Hall–Kier alpha value is -0.0800. The third-order valence-electron chi connectivity index (χ3n) is 3.58. The van der Waals surface area contributed by atoms with Crippen LogP contribution in [0, 0.1) is 11.3 Å². The summed E-state index contributed by atoms with van der Waals surface area (Å²) in [5.41, 5.74) is 0.398. The van der Waals surface area contributed by atoms with E-state index in [-0.39, 0.29) is 6.61 Å². The molecule has 0 aromatic heterocycles. The van der Waals surface area contributed by atoms with Crippen LogP contribution in [0.5, 0.6) is 0 Å². The molecule has 0 aromatic carbocycles. The maximum atomic E-state index is 8.71. The Morgan fingerprint density at radius 2 is 1.86 bits per heavy atom. The van der Waals surface area contributed by atoms with Gasteiger partial charge in [-0.2, -0.15) is 0 Å². The molecule has 2 heteroatoms. The summed E-state index contributed by atoms with van der Waals surface area (Å²) in [7, 11) is 0. The minimum Gasteiger partial charge on any atom is -0.395 e. The van der Waals surface area contributed by atoms with E-state index in [1.165, 1.54) is 32.1 Å². The zero-order valence-electron chi connectivity index (χ0n) is 9.68. The summed E-state index contributed by atoms with van der Waals surface area (Å²) < 4.78 is 0. The van der Waals surface area contributed by atoms with Crippen LogP contribution in [0.25, 0.3) is 0 Å². The first-order chi connectivity index (χ1) is 6.67. The number of hydrogen-bond donors (Lipinski definition) is 2. The monoisotopic (exact) mass is 199 g/mol. The van der Waals surface area contributed by atoms with Gasteiger partial charge in [0.25, 0.3) is 0 Å². The number of rotatable bonds is 5. The van der Waals surface area contributed by atoms with E-state index < -0.39 is 0 Å². The van der Waals surface area contributed by atoms with Crippen molar-refractivity contribution in [2.75, 3.05) is 19.7 Å². The lowest BCUT2D eigenvalue weighted by Crippen LogP contribution is -2.37. The lowest BCUT2D eigenvalue weighted by molar-refractivity contribution is 0.151. The van der Waals surface area contributed by atoms with Crippen LogP contribution in [-0.2, 0) is 0 Å². The SMILES string of the molecule is CC(C)(CNCCO)C1CCCCC1. The van der Waals surface area contributed by atoms with E-state index in [9.17, 15) is 0 Å². The molecule has 0 saturated heterocycles. The number of aliphatic hydroxyl groups excluding tert-OH is 1. The first-order valence-electron chi connectivity index (χ1n) is 5.98. The van der Waals surface area contributed by atoms with Gasteiger partial charge in [0.2, 0.25) is 0 Å². The molecule has 0 unspecified atom stereocenters. The van der Waals surface area contributed by atoms with Gasteiger partial charge >= 0.3 is 0 Å². The molecule has 1 aliphatic carbocycles. The highest BCUT2D eigenvalue weighted by Crippen LogP contribution is 2.37. The summed E-state index contributed by atoms with van der Waals surface area (Å²) >= 11 is 0. The lowest BCUT2D eigenvalue weighted by Gasteiger charge is -2.37. The fourth-order valence-electron chi connectivity index (χ4n) is 2.52. The van der Waals surface area contributed by atoms with E-state index in [0.717, 1.165) is 19.0 Å². The Bertz CT molecular complexity index is 150. The molecule has 0 radical (unpaired) electrons. The van der Waals surface area contributed by atoms with Gasteiger partial charge in [0.1, 0.15) is 0 Å². The topological polar surface area (TPSA) is 32.3 Å². The van der Waals surface area contributed by atoms with Crippen molar-refractivity contribution in [2.45, 2.75) is 46.0 Å². The van der Waals surface area contributed by atoms with Gasteiger partial charge < -0.3 is 10.4 Å². The van der Waals surface area contributed by atoms with E-state index in [2.05, 4.69) is 19.2 Å². The average Bonchev–Trinajstić information content (AvgIpc) is 2.19. The van der Waals surface area contributed by atoms with Crippen molar-refractivity contribution in [1.82, 2.24) is 5.32 Å². The molecule has 2 nitrogen and oxygen atoms in total. The quantitative estimate of drug-likeness (QED) is 0.665. The molecule has 1 fully saturated rings. The van der Waals surface area contributed by atoms with Crippen LogP contribution < -0.4 is 5.32 Å². The zero-order chi connectivity index (χ0) is 10.4. The predicted molar refractivity (Wildman–Crippen MR) is 60.3 cm³/mol. The molecule has 0 aromatic rings. The molecule has 1 aliphatic rings. The van der Waals surface area contributed by atoms with Crippen LogP contribution in [0.3, 0.4) is 0 Å². The Morgan fingerprint density at radius 3 is 2.43 bits per heavy atom. The van der Waals surface area contributed by atoms with Gasteiger partial charge in [0.15, 0.2) is 0 Å². The van der Waals surface area contributed by atoms with Gasteiger partial charge in [0.05, 0.1) is 6.61 Å². The largest absolute Gasteiger partial charge is 0.395 e. The molecule has 0 heterocycles. The van der Waals surface area contributed by atoms with Crippen LogP contribution in [-0.4, -0.2) is 24.8 Å². The summed E-state index contributed by atoms with van der Waals surface area (Å²) in [6, 6.07) is 0. The van der Waals surface area contributed by atoms with E-state index in [4.69, 9.17) is 5.11 Å². The first-order valence-corrected chi connectivity index (χ1v) is 5.98. The Morgan fingerprint density at radius 1 is 1.21 bits per heavy atom.